The van der Waals surface area contributed by atoms with Crippen LogP contribution in [0.1, 0.15) is 33.4 Å². The van der Waals surface area contributed by atoms with Crippen LogP contribution >= 0.6 is 11.3 Å². The number of carbonyl (C=O) groups excluding carboxylic acids is 1. The van der Waals surface area contributed by atoms with Crippen molar-refractivity contribution in [2.75, 3.05) is 25.5 Å². The molecule has 1 atom stereocenters. The number of anilines is 1. The third-order valence-electron chi connectivity index (χ3n) is 4.53. The number of hydrogen-bond donors (Lipinski definition) is 1. The Morgan fingerprint density at radius 1 is 1.46 bits per heavy atom. The van der Waals surface area contributed by atoms with Gasteiger partial charge in [-0.25, -0.2) is 9.78 Å². The number of thiophene rings is 1. The maximum absolute atomic E-state index is 11.6. The Kier molecular flexibility index (Phi) is 5.16. The molecule has 3 rings (SSSR count). The first kappa shape index (κ1) is 16.9. The van der Waals surface area contributed by atoms with Crippen molar-refractivity contribution in [3.63, 3.8) is 0 Å². The Morgan fingerprint density at radius 2 is 2.29 bits per heavy atom. The Morgan fingerprint density at radius 3 is 3.04 bits per heavy atom. The highest BCUT2D eigenvalue weighted by Crippen LogP contribution is 2.25. The molecule has 2 aromatic heterocycles. The van der Waals surface area contributed by atoms with E-state index in [1.807, 2.05) is 24.3 Å². The van der Waals surface area contributed by atoms with Gasteiger partial charge in [-0.15, -0.1) is 11.3 Å². The highest BCUT2D eigenvalue weighted by Gasteiger charge is 2.21. The first-order chi connectivity index (χ1) is 11.6. The van der Waals surface area contributed by atoms with Gasteiger partial charge in [0.15, 0.2) is 0 Å². The van der Waals surface area contributed by atoms with Crippen molar-refractivity contribution in [1.29, 1.82) is 0 Å². The number of aryl methyl sites for hydroxylation is 1. The summed E-state index contributed by atoms with van der Waals surface area (Å²) in [5, 5.41) is 5.57. The van der Waals surface area contributed by atoms with E-state index in [1.165, 1.54) is 17.6 Å². The fourth-order valence-corrected chi connectivity index (χ4v) is 3.90. The van der Waals surface area contributed by atoms with Crippen molar-refractivity contribution in [3.05, 3.63) is 45.3 Å². The lowest BCUT2D eigenvalue weighted by molar-refractivity contribution is 0.0599. The second kappa shape index (κ2) is 7.32. The predicted octanol–water partition coefficient (Wildman–Crippen LogP) is 3.10. The molecule has 0 radical (unpaired) electrons. The molecule has 0 spiro atoms. The summed E-state index contributed by atoms with van der Waals surface area (Å²) in [4.78, 5) is 20.1. The highest BCUT2D eigenvalue weighted by atomic mass is 32.1. The van der Waals surface area contributed by atoms with Crippen LogP contribution in [0.5, 0.6) is 0 Å². The Bertz CT molecular complexity index is 729. The van der Waals surface area contributed by atoms with Crippen molar-refractivity contribution in [3.8, 4) is 0 Å². The number of nitrogens with one attached hydrogen (secondary N) is 1. The van der Waals surface area contributed by atoms with Crippen molar-refractivity contribution in [2.24, 2.45) is 0 Å². The summed E-state index contributed by atoms with van der Waals surface area (Å²) in [6.07, 6.45) is 1.14. The SMILES string of the molecule is COC(=O)c1ccc(NCC(C)N2CCc3sccc3C2)nc1C. The first-order valence-electron chi connectivity index (χ1n) is 8.17. The number of hydrogen-bond acceptors (Lipinski definition) is 6. The van der Waals surface area contributed by atoms with E-state index in [2.05, 4.69) is 33.6 Å². The van der Waals surface area contributed by atoms with E-state index in [0.29, 0.717) is 17.3 Å². The lowest BCUT2D eigenvalue weighted by Crippen LogP contribution is -2.40. The number of rotatable bonds is 5. The standard InChI is InChI=1S/C18H23N3O2S/c1-12(21-8-6-16-14(11-21)7-9-24-16)10-19-17-5-4-15(13(2)20-17)18(22)23-3/h4-5,7,9,12H,6,8,10-11H2,1-3H3,(H,19,20). The molecule has 0 amide bonds. The van der Waals surface area contributed by atoms with Crippen molar-refractivity contribution < 1.29 is 9.53 Å². The molecule has 0 saturated heterocycles. The average molecular weight is 345 g/mol. The van der Waals surface area contributed by atoms with Gasteiger partial charge in [0, 0.05) is 30.6 Å². The third-order valence-corrected chi connectivity index (χ3v) is 5.55. The second-order valence-corrected chi connectivity index (χ2v) is 7.14. The molecule has 0 saturated carbocycles. The molecule has 3 heterocycles. The molecule has 0 fully saturated rings. The predicted molar refractivity (Wildman–Crippen MR) is 96.7 cm³/mol. The summed E-state index contributed by atoms with van der Waals surface area (Å²) in [5.74, 6) is 0.444. The van der Waals surface area contributed by atoms with Crippen LogP contribution in [-0.2, 0) is 17.7 Å². The molecule has 1 unspecified atom stereocenters. The number of nitrogens with zero attached hydrogens (tertiary/aromatic N) is 2. The van der Waals surface area contributed by atoms with Gasteiger partial charge in [0.1, 0.15) is 5.82 Å². The normalized spacial score (nSPS) is 15.6. The maximum atomic E-state index is 11.6. The molecular formula is C18H23N3O2S. The number of carbonyl (C=O) groups is 1. The third kappa shape index (κ3) is 3.60. The minimum Gasteiger partial charge on any atom is -0.465 e. The highest BCUT2D eigenvalue weighted by molar-refractivity contribution is 7.10. The molecule has 24 heavy (non-hydrogen) atoms. The van der Waals surface area contributed by atoms with Gasteiger partial charge >= 0.3 is 5.97 Å². The van der Waals surface area contributed by atoms with Gasteiger partial charge in [0.05, 0.1) is 18.4 Å². The van der Waals surface area contributed by atoms with Crippen LogP contribution in [0.2, 0.25) is 0 Å². The van der Waals surface area contributed by atoms with E-state index in [0.717, 1.165) is 31.9 Å². The molecule has 1 aliphatic heterocycles. The number of pyridine rings is 1. The van der Waals surface area contributed by atoms with Crippen molar-refractivity contribution in [1.82, 2.24) is 9.88 Å². The van der Waals surface area contributed by atoms with Crippen LogP contribution in [0, 0.1) is 6.92 Å². The summed E-state index contributed by atoms with van der Waals surface area (Å²) < 4.78 is 4.75. The Labute approximate surface area is 146 Å². The van der Waals surface area contributed by atoms with E-state index < -0.39 is 0 Å². The first-order valence-corrected chi connectivity index (χ1v) is 9.05. The van der Waals surface area contributed by atoms with Crippen LogP contribution in [0.4, 0.5) is 5.82 Å². The second-order valence-electron chi connectivity index (χ2n) is 6.14. The lowest BCUT2D eigenvalue weighted by Gasteiger charge is -2.32. The van der Waals surface area contributed by atoms with Gasteiger partial charge in [-0.2, -0.15) is 0 Å². The van der Waals surface area contributed by atoms with Crippen LogP contribution in [0.15, 0.2) is 23.6 Å². The quantitative estimate of drug-likeness (QED) is 0.844. The van der Waals surface area contributed by atoms with Crippen molar-refractivity contribution >= 4 is 23.1 Å². The summed E-state index contributed by atoms with van der Waals surface area (Å²) in [5.41, 5.74) is 2.66. The number of esters is 1. The molecule has 0 aromatic carbocycles. The Balaban J connectivity index is 1.58. The zero-order valence-corrected chi connectivity index (χ0v) is 15.2. The van der Waals surface area contributed by atoms with Gasteiger partial charge in [-0.3, -0.25) is 4.90 Å². The summed E-state index contributed by atoms with van der Waals surface area (Å²) >= 11 is 1.87. The van der Waals surface area contributed by atoms with Crippen LogP contribution in [0.25, 0.3) is 0 Å². The molecule has 128 valence electrons. The average Bonchev–Trinajstić information content (AvgIpc) is 3.06. The van der Waals surface area contributed by atoms with Gasteiger partial charge in [0.25, 0.3) is 0 Å². The van der Waals surface area contributed by atoms with E-state index >= 15 is 0 Å². The Hall–Kier alpha value is -1.92. The smallest absolute Gasteiger partial charge is 0.339 e. The number of aromatic nitrogens is 1. The summed E-state index contributed by atoms with van der Waals surface area (Å²) in [6, 6.07) is 6.25. The fourth-order valence-electron chi connectivity index (χ4n) is 3.01. The molecule has 0 bridgehead atoms. The fraction of sp³-hybridized carbons (Fsp3) is 0.444. The molecule has 1 aliphatic rings. The van der Waals surface area contributed by atoms with Crippen LogP contribution in [-0.4, -0.2) is 42.1 Å². The van der Waals surface area contributed by atoms with Gasteiger partial charge in [-0.05, 0) is 49.4 Å². The van der Waals surface area contributed by atoms with E-state index in [-0.39, 0.29) is 5.97 Å². The molecular weight excluding hydrogens is 322 g/mol. The summed E-state index contributed by atoms with van der Waals surface area (Å²) in [7, 11) is 1.38. The zero-order chi connectivity index (χ0) is 17.1. The zero-order valence-electron chi connectivity index (χ0n) is 14.3. The van der Waals surface area contributed by atoms with E-state index in [9.17, 15) is 4.79 Å². The van der Waals surface area contributed by atoms with Crippen LogP contribution in [0.3, 0.4) is 0 Å². The van der Waals surface area contributed by atoms with Crippen molar-refractivity contribution in [2.45, 2.75) is 32.9 Å². The largest absolute Gasteiger partial charge is 0.465 e. The molecule has 5 nitrogen and oxygen atoms in total. The molecule has 2 aromatic rings. The number of fused-ring (bicyclic) bond motifs is 1. The van der Waals surface area contributed by atoms with E-state index in [4.69, 9.17) is 4.74 Å². The maximum Gasteiger partial charge on any atom is 0.339 e. The van der Waals surface area contributed by atoms with Gasteiger partial charge in [0.2, 0.25) is 0 Å². The van der Waals surface area contributed by atoms with E-state index in [1.54, 1.807) is 6.07 Å². The molecule has 1 N–H and O–H groups in total. The van der Waals surface area contributed by atoms with Gasteiger partial charge < -0.3 is 10.1 Å². The topological polar surface area (TPSA) is 54.5 Å². The minimum absolute atomic E-state index is 0.347. The summed E-state index contributed by atoms with van der Waals surface area (Å²) in [6.45, 7) is 7.01. The molecule has 0 aliphatic carbocycles. The molecule has 6 heteroatoms. The number of methoxy groups -OCH3 is 1. The van der Waals surface area contributed by atoms with Gasteiger partial charge in [-0.1, -0.05) is 0 Å². The lowest BCUT2D eigenvalue weighted by atomic mass is 10.1. The minimum atomic E-state index is -0.347. The monoisotopic (exact) mass is 345 g/mol. The van der Waals surface area contributed by atoms with Crippen LogP contribution < -0.4 is 5.32 Å². The number of ether oxygens (including phenoxy) is 1.